The van der Waals surface area contributed by atoms with E-state index in [0.29, 0.717) is 0 Å². The number of unbranched alkanes of at least 4 members (excludes halogenated alkanes) is 1. The Morgan fingerprint density at radius 2 is 2.14 bits per heavy atom. The van der Waals surface area contributed by atoms with Crippen LogP contribution in [0.15, 0.2) is 0 Å². The van der Waals surface area contributed by atoms with E-state index in [9.17, 15) is 0 Å². The van der Waals surface area contributed by atoms with Crippen LogP contribution in [0.2, 0.25) is 0 Å². The molecule has 1 saturated heterocycles. The third-order valence-electron chi connectivity index (χ3n) is 3.00. The van der Waals surface area contributed by atoms with E-state index in [2.05, 4.69) is 23.1 Å². The van der Waals surface area contributed by atoms with Gasteiger partial charge in [0.05, 0.1) is 0 Å². The van der Waals surface area contributed by atoms with Crippen LogP contribution < -0.4 is 5.32 Å². The second-order valence-corrected chi connectivity index (χ2v) is 3.92. The predicted molar refractivity (Wildman–Crippen MR) is 61.2 cm³/mol. The van der Waals surface area contributed by atoms with E-state index in [1.165, 1.54) is 32.5 Å². The molecule has 1 aliphatic heterocycles. The third kappa shape index (κ3) is 3.69. The minimum absolute atomic E-state index is 0.791. The average Bonchev–Trinajstić information content (AvgIpc) is 2.26. The van der Waals surface area contributed by atoms with Crippen molar-refractivity contribution >= 4 is 0 Å². The van der Waals surface area contributed by atoms with Crippen molar-refractivity contribution in [1.29, 1.82) is 0 Å². The first kappa shape index (κ1) is 11.6. The molecule has 0 radical (unpaired) electrons. The lowest BCUT2D eigenvalue weighted by molar-refractivity contribution is 0.169. The molecule has 80 valence electrons. The molecule has 0 aromatic carbocycles. The van der Waals surface area contributed by atoms with Gasteiger partial charge in [0.1, 0.15) is 0 Å². The molecule has 1 heterocycles. The quantitative estimate of drug-likeness (QED) is 0.527. The van der Waals surface area contributed by atoms with Gasteiger partial charge in [-0.05, 0) is 45.4 Å². The topological polar surface area (TPSA) is 15.3 Å². The van der Waals surface area contributed by atoms with E-state index in [4.69, 9.17) is 6.42 Å². The number of hydrogen-bond donors (Lipinski definition) is 1. The van der Waals surface area contributed by atoms with E-state index in [0.717, 1.165) is 25.4 Å². The molecule has 0 aromatic rings. The predicted octanol–water partition coefficient (Wildman–Crippen LogP) is 1.47. The molecule has 2 nitrogen and oxygen atoms in total. The summed E-state index contributed by atoms with van der Waals surface area (Å²) in [6.45, 7) is 6.94. The second kappa shape index (κ2) is 6.86. The largest absolute Gasteiger partial charge is 0.317 e. The Labute approximate surface area is 88.1 Å². The fraction of sp³-hybridized carbons (Fsp3) is 0.833. The molecule has 14 heavy (non-hydrogen) atoms. The molecule has 0 atom stereocenters. The van der Waals surface area contributed by atoms with Crippen molar-refractivity contribution in [2.75, 3.05) is 26.2 Å². The van der Waals surface area contributed by atoms with Crippen LogP contribution in [0.25, 0.3) is 0 Å². The molecule has 0 spiro atoms. The van der Waals surface area contributed by atoms with E-state index in [-0.39, 0.29) is 0 Å². The van der Waals surface area contributed by atoms with Gasteiger partial charge in [-0.2, -0.15) is 0 Å². The van der Waals surface area contributed by atoms with Gasteiger partial charge in [0.15, 0.2) is 0 Å². The fourth-order valence-electron chi connectivity index (χ4n) is 2.15. The lowest BCUT2D eigenvalue weighted by Crippen LogP contribution is -2.43. The minimum Gasteiger partial charge on any atom is -0.317 e. The van der Waals surface area contributed by atoms with Gasteiger partial charge in [-0.1, -0.05) is 6.92 Å². The second-order valence-electron chi connectivity index (χ2n) is 3.92. The first-order chi connectivity index (χ1) is 6.88. The summed E-state index contributed by atoms with van der Waals surface area (Å²) in [6, 6.07) is 0.791. The summed E-state index contributed by atoms with van der Waals surface area (Å²) in [4.78, 5) is 2.58. The van der Waals surface area contributed by atoms with Gasteiger partial charge < -0.3 is 10.2 Å². The maximum absolute atomic E-state index is 5.26. The van der Waals surface area contributed by atoms with Crippen LogP contribution in [-0.2, 0) is 0 Å². The summed E-state index contributed by atoms with van der Waals surface area (Å²) in [5.41, 5.74) is 0. The lowest BCUT2D eigenvalue weighted by atomic mass is 10.0. The fourth-order valence-corrected chi connectivity index (χ4v) is 2.15. The van der Waals surface area contributed by atoms with Crippen molar-refractivity contribution < 1.29 is 0 Å². The maximum Gasteiger partial charge on any atom is 0.0119 e. The van der Waals surface area contributed by atoms with Crippen LogP contribution in [0.4, 0.5) is 0 Å². The highest BCUT2D eigenvalue weighted by atomic mass is 15.2. The average molecular weight is 194 g/mol. The smallest absolute Gasteiger partial charge is 0.0119 e. The zero-order valence-corrected chi connectivity index (χ0v) is 9.26. The van der Waals surface area contributed by atoms with Crippen molar-refractivity contribution in [1.82, 2.24) is 10.2 Å². The van der Waals surface area contributed by atoms with Crippen molar-refractivity contribution in [2.24, 2.45) is 0 Å². The van der Waals surface area contributed by atoms with Gasteiger partial charge in [0, 0.05) is 12.5 Å². The Morgan fingerprint density at radius 1 is 1.43 bits per heavy atom. The maximum atomic E-state index is 5.26. The van der Waals surface area contributed by atoms with Crippen LogP contribution in [0.5, 0.6) is 0 Å². The molecule has 0 aromatic heterocycles. The highest BCUT2D eigenvalue weighted by molar-refractivity contribution is 4.84. The van der Waals surface area contributed by atoms with E-state index in [1.807, 2.05) is 0 Å². The van der Waals surface area contributed by atoms with Gasteiger partial charge in [-0.15, -0.1) is 12.3 Å². The van der Waals surface area contributed by atoms with Crippen LogP contribution in [-0.4, -0.2) is 37.1 Å². The van der Waals surface area contributed by atoms with Gasteiger partial charge in [0.25, 0.3) is 0 Å². The van der Waals surface area contributed by atoms with E-state index >= 15 is 0 Å². The molecule has 0 saturated carbocycles. The van der Waals surface area contributed by atoms with E-state index < -0.39 is 0 Å². The van der Waals surface area contributed by atoms with Crippen LogP contribution in [0, 0.1) is 12.3 Å². The molecular formula is C12H22N2. The molecule has 1 N–H and O–H groups in total. The number of rotatable bonds is 5. The van der Waals surface area contributed by atoms with Gasteiger partial charge >= 0.3 is 0 Å². The summed E-state index contributed by atoms with van der Waals surface area (Å²) < 4.78 is 0. The summed E-state index contributed by atoms with van der Waals surface area (Å²) in [6.07, 6.45) is 9.91. The van der Waals surface area contributed by atoms with Crippen LogP contribution >= 0.6 is 0 Å². The Hall–Kier alpha value is -0.520. The summed E-state index contributed by atoms with van der Waals surface area (Å²) in [5.74, 6) is 2.71. The van der Waals surface area contributed by atoms with Crippen LogP contribution in [0.1, 0.15) is 32.6 Å². The molecular weight excluding hydrogens is 172 g/mol. The SMILES string of the molecule is C#CCCCN(CC)C1CCNCC1. The molecule has 1 rings (SSSR count). The number of nitrogens with one attached hydrogen (secondary N) is 1. The van der Waals surface area contributed by atoms with Crippen molar-refractivity contribution in [3.63, 3.8) is 0 Å². The molecule has 2 heteroatoms. The van der Waals surface area contributed by atoms with E-state index in [1.54, 1.807) is 0 Å². The summed E-state index contributed by atoms with van der Waals surface area (Å²) in [7, 11) is 0. The Balaban J connectivity index is 2.25. The lowest BCUT2D eigenvalue weighted by Gasteiger charge is -2.33. The van der Waals surface area contributed by atoms with Crippen molar-refractivity contribution in [3.8, 4) is 12.3 Å². The third-order valence-corrected chi connectivity index (χ3v) is 3.00. The zero-order valence-electron chi connectivity index (χ0n) is 9.26. The summed E-state index contributed by atoms with van der Waals surface area (Å²) in [5, 5.41) is 3.40. The highest BCUT2D eigenvalue weighted by Gasteiger charge is 2.18. The number of nitrogens with zero attached hydrogens (tertiary/aromatic N) is 1. The molecule has 1 aliphatic rings. The number of terminal acetylenes is 1. The number of hydrogen-bond acceptors (Lipinski definition) is 2. The summed E-state index contributed by atoms with van der Waals surface area (Å²) >= 11 is 0. The standard InChI is InChI=1S/C12H22N2/c1-3-5-6-11-14(4-2)12-7-9-13-10-8-12/h1,12-13H,4-11H2,2H3. The van der Waals surface area contributed by atoms with Gasteiger partial charge in [-0.25, -0.2) is 0 Å². The Morgan fingerprint density at radius 3 is 2.71 bits per heavy atom. The zero-order chi connectivity index (χ0) is 10.2. The molecule has 0 unspecified atom stereocenters. The van der Waals surface area contributed by atoms with Crippen molar-refractivity contribution in [3.05, 3.63) is 0 Å². The van der Waals surface area contributed by atoms with Gasteiger partial charge in [-0.3, -0.25) is 0 Å². The Kier molecular flexibility index (Phi) is 5.66. The Bertz CT molecular complexity index is 177. The molecule has 0 aliphatic carbocycles. The molecule has 0 bridgehead atoms. The molecule has 1 fully saturated rings. The van der Waals surface area contributed by atoms with Gasteiger partial charge in [0.2, 0.25) is 0 Å². The first-order valence-corrected chi connectivity index (χ1v) is 5.76. The first-order valence-electron chi connectivity index (χ1n) is 5.76. The minimum atomic E-state index is 0.791. The van der Waals surface area contributed by atoms with Crippen molar-refractivity contribution in [2.45, 2.75) is 38.6 Å². The molecule has 0 amide bonds. The van der Waals surface area contributed by atoms with Crippen LogP contribution in [0.3, 0.4) is 0 Å². The highest BCUT2D eigenvalue weighted by Crippen LogP contribution is 2.12. The number of piperidine rings is 1. The normalized spacial score (nSPS) is 18.4. The monoisotopic (exact) mass is 194 g/mol.